The van der Waals surface area contributed by atoms with E-state index in [1.54, 1.807) is 11.5 Å². The summed E-state index contributed by atoms with van der Waals surface area (Å²) in [6.45, 7) is 3.18. The Bertz CT molecular complexity index is 1390. The lowest BCUT2D eigenvalue weighted by atomic mass is 10.2. The Morgan fingerprint density at radius 2 is 1.85 bits per heavy atom. The van der Waals surface area contributed by atoms with Crippen molar-refractivity contribution in [3.05, 3.63) is 57.3 Å². The number of hydrogen-bond acceptors (Lipinski definition) is 7. The number of morpholine rings is 1. The van der Waals surface area contributed by atoms with Crippen LogP contribution in [0.15, 0.2) is 56.8 Å². The number of carbonyl (C=O) groups excluding carboxylic acids is 2. The van der Waals surface area contributed by atoms with Crippen LogP contribution in [0, 0.1) is 0 Å². The monoisotopic (exact) mass is 567 g/mol. The number of aromatic nitrogens is 1. The maximum atomic E-state index is 12.9. The molecule has 2 heterocycles. The van der Waals surface area contributed by atoms with Crippen molar-refractivity contribution >= 4 is 59.4 Å². The van der Waals surface area contributed by atoms with Crippen molar-refractivity contribution in [2.75, 3.05) is 32.9 Å². The van der Waals surface area contributed by atoms with Crippen molar-refractivity contribution in [1.82, 2.24) is 8.87 Å². The van der Waals surface area contributed by atoms with Crippen LogP contribution in [-0.4, -0.2) is 62.1 Å². The Hall–Kier alpha value is -2.38. The number of thiazole rings is 1. The molecule has 0 unspecified atom stereocenters. The molecule has 0 bridgehead atoms. The molecule has 1 aliphatic heterocycles. The van der Waals surface area contributed by atoms with Gasteiger partial charge in [0.1, 0.15) is 6.54 Å². The number of sulfonamides is 1. The fraction of sp³-hybridized carbons (Fsp3) is 0.318. The number of nitrogens with zero attached hydrogens (tertiary/aromatic N) is 3. The van der Waals surface area contributed by atoms with E-state index in [0.29, 0.717) is 31.1 Å². The highest BCUT2D eigenvalue weighted by atomic mass is 79.9. The van der Waals surface area contributed by atoms with Crippen molar-refractivity contribution < 1.29 is 27.5 Å². The van der Waals surface area contributed by atoms with Crippen molar-refractivity contribution in [2.45, 2.75) is 18.4 Å². The van der Waals surface area contributed by atoms with Crippen LogP contribution in [0.4, 0.5) is 0 Å². The van der Waals surface area contributed by atoms with Gasteiger partial charge in [-0.05, 0) is 49.4 Å². The van der Waals surface area contributed by atoms with E-state index in [4.69, 9.17) is 9.47 Å². The van der Waals surface area contributed by atoms with E-state index in [1.807, 2.05) is 18.2 Å². The smallest absolute Gasteiger partial charge is 0.326 e. The Labute approximate surface area is 208 Å². The summed E-state index contributed by atoms with van der Waals surface area (Å²) in [6, 6.07) is 11.3. The average molecular weight is 568 g/mol. The second-order valence-electron chi connectivity index (χ2n) is 7.35. The van der Waals surface area contributed by atoms with Crippen LogP contribution in [-0.2, 0) is 30.8 Å². The molecular weight excluding hydrogens is 546 g/mol. The maximum absolute atomic E-state index is 12.9. The zero-order valence-electron chi connectivity index (χ0n) is 18.3. The highest BCUT2D eigenvalue weighted by Crippen LogP contribution is 2.23. The fourth-order valence-corrected chi connectivity index (χ4v) is 6.47. The topological polar surface area (TPSA) is 107 Å². The highest BCUT2D eigenvalue weighted by Gasteiger charge is 2.26. The van der Waals surface area contributed by atoms with Gasteiger partial charge in [-0.3, -0.25) is 9.59 Å². The van der Waals surface area contributed by atoms with Gasteiger partial charge >= 0.3 is 5.97 Å². The number of ether oxygens (including phenoxy) is 2. The number of halogens is 1. The number of rotatable bonds is 6. The van der Waals surface area contributed by atoms with Gasteiger partial charge < -0.3 is 14.0 Å². The van der Waals surface area contributed by atoms with E-state index in [-0.39, 0.29) is 23.6 Å². The molecule has 9 nitrogen and oxygen atoms in total. The molecule has 4 rings (SSSR count). The molecule has 180 valence electrons. The summed E-state index contributed by atoms with van der Waals surface area (Å²) in [5.41, 5.74) is 0.988. The zero-order chi connectivity index (χ0) is 24.3. The number of benzene rings is 2. The van der Waals surface area contributed by atoms with Gasteiger partial charge in [0, 0.05) is 23.1 Å². The lowest BCUT2D eigenvalue weighted by molar-refractivity contribution is -0.143. The van der Waals surface area contributed by atoms with Crippen molar-refractivity contribution in [2.24, 2.45) is 4.99 Å². The van der Waals surface area contributed by atoms with Crippen LogP contribution in [0.25, 0.3) is 10.2 Å². The first-order valence-electron chi connectivity index (χ1n) is 10.5. The molecule has 1 aromatic heterocycles. The molecule has 1 saturated heterocycles. The van der Waals surface area contributed by atoms with Crippen LogP contribution >= 0.6 is 27.3 Å². The second-order valence-corrected chi connectivity index (χ2v) is 11.2. The summed E-state index contributed by atoms with van der Waals surface area (Å²) in [6.07, 6.45) is 0. The van der Waals surface area contributed by atoms with Gasteiger partial charge in [-0.1, -0.05) is 27.3 Å². The van der Waals surface area contributed by atoms with Gasteiger partial charge in [-0.25, -0.2) is 8.42 Å². The SMILES string of the molecule is CCOC(=O)Cn1c(=NC(=O)c2ccc(S(=O)(=O)N3CCOCC3)cc2)sc2cc(Br)ccc21. The second kappa shape index (κ2) is 10.5. The van der Waals surface area contributed by atoms with Crippen molar-refractivity contribution in [3.63, 3.8) is 0 Å². The van der Waals surface area contributed by atoms with Crippen LogP contribution in [0.2, 0.25) is 0 Å². The summed E-state index contributed by atoms with van der Waals surface area (Å²) < 4.78 is 40.6. The van der Waals surface area contributed by atoms with E-state index in [2.05, 4.69) is 20.9 Å². The predicted molar refractivity (Wildman–Crippen MR) is 130 cm³/mol. The molecule has 34 heavy (non-hydrogen) atoms. The van der Waals surface area contributed by atoms with Gasteiger partial charge in [-0.15, -0.1) is 0 Å². The number of amides is 1. The Kier molecular flexibility index (Phi) is 7.63. The van der Waals surface area contributed by atoms with Gasteiger partial charge in [0.15, 0.2) is 4.80 Å². The summed E-state index contributed by atoms with van der Waals surface area (Å²) >= 11 is 4.70. The summed E-state index contributed by atoms with van der Waals surface area (Å²) in [7, 11) is -3.66. The lowest BCUT2D eigenvalue weighted by Gasteiger charge is -2.26. The molecular formula is C22H22BrN3O6S2. The molecule has 1 amide bonds. The highest BCUT2D eigenvalue weighted by molar-refractivity contribution is 9.10. The van der Waals surface area contributed by atoms with E-state index in [1.165, 1.54) is 39.9 Å². The van der Waals surface area contributed by atoms with E-state index in [0.717, 1.165) is 14.7 Å². The molecule has 1 fully saturated rings. The molecule has 0 atom stereocenters. The first-order valence-corrected chi connectivity index (χ1v) is 13.6. The molecule has 0 aliphatic carbocycles. The van der Waals surface area contributed by atoms with Crippen LogP contribution in [0.3, 0.4) is 0 Å². The minimum absolute atomic E-state index is 0.0850. The third-order valence-electron chi connectivity index (χ3n) is 5.14. The van der Waals surface area contributed by atoms with Crippen molar-refractivity contribution in [1.29, 1.82) is 0 Å². The molecule has 0 radical (unpaired) electrons. The van der Waals surface area contributed by atoms with E-state index < -0.39 is 21.9 Å². The average Bonchev–Trinajstić information content (AvgIpc) is 3.15. The summed E-state index contributed by atoms with van der Waals surface area (Å²) in [4.78, 5) is 29.7. The third kappa shape index (κ3) is 5.31. The molecule has 0 N–H and O–H groups in total. The lowest BCUT2D eigenvalue weighted by Crippen LogP contribution is -2.40. The fourth-order valence-electron chi connectivity index (χ4n) is 3.48. The predicted octanol–water partition coefficient (Wildman–Crippen LogP) is 2.79. The number of carbonyl (C=O) groups is 2. The Morgan fingerprint density at radius 1 is 1.15 bits per heavy atom. The van der Waals surface area contributed by atoms with E-state index in [9.17, 15) is 18.0 Å². The molecule has 12 heteroatoms. The third-order valence-corrected chi connectivity index (χ3v) is 8.59. The van der Waals surface area contributed by atoms with E-state index >= 15 is 0 Å². The van der Waals surface area contributed by atoms with Crippen LogP contribution in [0.1, 0.15) is 17.3 Å². The maximum Gasteiger partial charge on any atom is 0.326 e. The first kappa shape index (κ1) is 24.7. The van der Waals surface area contributed by atoms with Gasteiger partial charge in [0.05, 0.1) is 34.9 Å². The minimum Gasteiger partial charge on any atom is -0.465 e. The molecule has 0 saturated carbocycles. The van der Waals surface area contributed by atoms with Crippen LogP contribution in [0.5, 0.6) is 0 Å². The number of fused-ring (bicyclic) bond motifs is 1. The summed E-state index contributed by atoms with van der Waals surface area (Å²) in [5, 5.41) is 0. The largest absolute Gasteiger partial charge is 0.465 e. The molecule has 2 aromatic carbocycles. The summed E-state index contributed by atoms with van der Waals surface area (Å²) in [5.74, 6) is -0.977. The zero-order valence-corrected chi connectivity index (χ0v) is 21.5. The number of hydrogen-bond donors (Lipinski definition) is 0. The number of esters is 1. The first-order chi connectivity index (χ1) is 16.3. The quantitative estimate of drug-likeness (QED) is 0.424. The van der Waals surface area contributed by atoms with Gasteiger partial charge in [0.25, 0.3) is 5.91 Å². The Morgan fingerprint density at radius 3 is 2.53 bits per heavy atom. The Balaban J connectivity index is 1.66. The van der Waals surface area contributed by atoms with Gasteiger partial charge in [-0.2, -0.15) is 9.30 Å². The minimum atomic E-state index is -3.66. The van der Waals surface area contributed by atoms with Crippen molar-refractivity contribution in [3.8, 4) is 0 Å². The standard InChI is InChI=1S/C22H22BrN3O6S2/c1-2-32-20(27)14-26-18-8-5-16(23)13-19(18)33-22(26)24-21(28)15-3-6-17(7-4-15)34(29,30)25-9-11-31-12-10-25/h3-8,13H,2,9-12,14H2,1H3. The van der Waals surface area contributed by atoms with Gasteiger partial charge in [0.2, 0.25) is 10.0 Å². The molecule has 1 aliphatic rings. The normalized spacial score (nSPS) is 15.5. The molecule has 3 aromatic rings. The van der Waals surface area contributed by atoms with Crippen LogP contribution < -0.4 is 4.80 Å². The molecule has 0 spiro atoms.